The molecule has 0 N–H and O–H groups in total. The van der Waals surface area contributed by atoms with Crippen molar-refractivity contribution in [1.82, 2.24) is 0 Å². The van der Waals surface area contributed by atoms with Crippen LogP contribution in [-0.2, 0) is 9.53 Å². The highest BCUT2D eigenvalue weighted by atomic mass is 35.5. The van der Waals surface area contributed by atoms with Crippen molar-refractivity contribution < 1.29 is 19.2 Å². The number of esters is 1. The molecule has 0 aromatic heterocycles. The summed E-state index contributed by atoms with van der Waals surface area (Å²) in [6.45, 7) is 6.07. The Morgan fingerprint density at radius 1 is 1.32 bits per heavy atom. The van der Waals surface area contributed by atoms with Crippen molar-refractivity contribution in [2.24, 2.45) is 4.99 Å². The van der Waals surface area contributed by atoms with E-state index in [0.717, 1.165) is 11.1 Å². The van der Waals surface area contributed by atoms with Gasteiger partial charge in [-0.25, -0.2) is 9.79 Å². The van der Waals surface area contributed by atoms with Crippen molar-refractivity contribution >= 4 is 35.2 Å². The highest BCUT2D eigenvalue weighted by Crippen LogP contribution is 2.27. The van der Waals surface area contributed by atoms with Gasteiger partial charge in [0.25, 0.3) is 5.69 Å². The quantitative estimate of drug-likeness (QED) is 0.234. The summed E-state index contributed by atoms with van der Waals surface area (Å²) in [7, 11) is 0. The van der Waals surface area contributed by atoms with E-state index in [1.807, 2.05) is 6.92 Å². The average molecular weight is 399 g/mol. The summed E-state index contributed by atoms with van der Waals surface area (Å²) in [5.74, 6) is 0.0468. The van der Waals surface area contributed by atoms with Crippen LogP contribution in [0.5, 0.6) is 5.75 Å². The van der Waals surface area contributed by atoms with Crippen molar-refractivity contribution in [3.63, 3.8) is 0 Å². The molecule has 0 fully saturated rings. The van der Waals surface area contributed by atoms with Crippen LogP contribution in [-0.4, -0.2) is 23.4 Å². The van der Waals surface area contributed by atoms with E-state index < -0.39 is 10.9 Å². The van der Waals surface area contributed by atoms with Gasteiger partial charge in [-0.2, -0.15) is 0 Å². The molecule has 8 heteroatoms. The normalized spacial score (nSPS) is 14.6. The lowest BCUT2D eigenvalue weighted by Crippen LogP contribution is -2.06. The first-order chi connectivity index (χ1) is 13.3. The fraction of sp³-hybridized carbons (Fsp3) is 0.100. The van der Waals surface area contributed by atoms with E-state index >= 15 is 0 Å². The van der Waals surface area contributed by atoms with Gasteiger partial charge < -0.3 is 9.47 Å². The number of non-ortho nitro benzene ring substituents is 1. The van der Waals surface area contributed by atoms with Gasteiger partial charge in [0.1, 0.15) is 12.4 Å². The molecule has 142 valence electrons. The molecule has 0 spiro atoms. The second-order valence-corrected chi connectivity index (χ2v) is 6.48. The first-order valence-electron chi connectivity index (χ1n) is 8.17. The number of ether oxygens (including phenoxy) is 2. The zero-order chi connectivity index (χ0) is 20.3. The van der Waals surface area contributed by atoms with E-state index in [9.17, 15) is 14.9 Å². The summed E-state index contributed by atoms with van der Waals surface area (Å²) >= 11 is 6.06. The number of halogens is 1. The zero-order valence-electron chi connectivity index (χ0n) is 14.8. The smallest absolute Gasteiger partial charge is 0.363 e. The van der Waals surface area contributed by atoms with Gasteiger partial charge in [0.05, 0.1) is 15.5 Å². The highest BCUT2D eigenvalue weighted by Gasteiger charge is 2.26. The first-order valence-corrected chi connectivity index (χ1v) is 8.55. The molecule has 28 heavy (non-hydrogen) atoms. The van der Waals surface area contributed by atoms with Crippen LogP contribution in [0.15, 0.2) is 65.3 Å². The average Bonchev–Trinajstić information content (AvgIpc) is 3.01. The zero-order valence-corrected chi connectivity index (χ0v) is 15.6. The van der Waals surface area contributed by atoms with E-state index in [1.165, 1.54) is 18.2 Å². The Morgan fingerprint density at radius 3 is 2.64 bits per heavy atom. The maximum Gasteiger partial charge on any atom is 0.363 e. The van der Waals surface area contributed by atoms with Crippen LogP contribution in [0.25, 0.3) is 6.08 Å². The van der Waals surface area contributed by atoms with E-state index in [1.54, 1.807) is 30.3 Å². The summed E-state index contributed by atoms with van der Waals surface area (Å²) < 4.78 is 10.7. The van der Waals surface area contributed by atoms with E-state index in [-0.39, 0.29) is 22.3 Å². The largest absolute Gasteiger partial charge is 0.489 e. The van der Waals surface area contributed by atoms with E-state index in [2.05, 4.69) is 11.6 Å². The maximum absolute atomic E-state index is 12.1. The van der Waals surface area contributed by atoms with E-state index in [0.29, 0.717) is 17.9 Å². The van der Waals surface area contributed by atoms with Crippen molar-refractivity contribution in [3.8, 4) is 5.75 Å². The molecule has 0 atom stereocenters. The molecule has 2 aromatic carbocycles. The lowest BCUT2D eigenvalue weighted by molar-refractivity contribution is -0.384. The molecule has 1 aliphatic rings. The van der Waals surface area contributed by atoms with Crippen molar-refractivity contribution in [1.29, 1.82) is 0 Å². The van der Waals surface area contributed by atoms with Crippen molar-refractivity contribution in [2.45, 2.75) is 6.92 Å². The van der Waals surface area contributed by atoms with Gasteiger partial charge in [0.15, 0.2) is 5.70 Å². The second-order valence-electron chi connectivity index (χ2n) is 6.07. The van der Waals surface area contributed by atoms with Gasteiger partial charge in [0.2, 0.25) is 5.90 Å². The number of carbonyl (C=O) groups excluding carboxylic acids is 1. The molecule has 0 unspecified atom stereocenters. The van der Waals surface area contributed by atoms with Crippen LogP contribution in [0.3, 0.4) is 0 Å². The van der Waals surface area contributed by atoms with Crippen LogP contribution in [0.1, 0.15) is 18.1 Å². The molecule has 1 heterocycles. The molecule has 3 rings (SSSR count). The fourth-order valence-corrected chi connectivity index (χ4v) is 2.60. The second kappa shape index (κ2) is 8.06. The minimum atomic E-state index is -0.632. The third-order valence-electron chi connectivity index (χ3n) is 3.68. The Morgan fingerprint density at radius 2 is 2.04 bits per heavy atom. The summed E-state index contributed by atoms with van der Waals surface area (Å²) in [6.07, 6.45) is 1.57. The molecular weight excluding hydrogens is 384 g/mol. The van der Waals surface area contributed by atoms with E-state index in [4.69, 9.17) is 21.1 Å². The molecule has 2 aromatic rings. The highest BCUT2D eigenvalue weighted by molar-refractivity contribution is 6.34. The van der Waals surface area contributed by atoms with Crippen molar-refractivity contribution in [2.75, 3.05) is 6.61 Å². The summed E-state index contributed by atoms with van der Waals surface area (Å²) in [5.41, 5.74) is 1.87. The SMILES string of the molecule is C=C(C)COc1ccc(/C=C2\N=C(c3ccc([N+](=O)[O-])cc3Cl)OC2=O)cc1. The molecular formula is C20H15ClN2O5. The number of carbonyl (C=O) groups is 1. The molecule has 0 amide bonds. The molecule has 0 radical (unpaired) electrons. The molecule has 0 saturated heterocycles. The molecule has 0 bridgehead atoms. The Balaban J connectivity index is 1.81. The number of hydrogen-bond donors (Lipinski definition) is 0. The number of nitro groups is 1. The minimum Gasteiger partial charge on any atom is -0.489 e. The van der Waals surface area contributed by atoms with Crippen LogP contribution in [0.2, 0.25) is 5.02 Å². The summed E-state index contributed by atoms with van der Waals surface area (Å²) in [6, 6.07) is 10.9. The number of benzene rings is 2. The molecule has 0 aliphatic carbocycles. The third-order valence-corrected chi connectivity index (χ3v) is 4.00. The molecule has 1 aliphatic heterocycles. The van der Waals surface area contributed by atoms with Gasteiger partial charge in [-0.05, 0) is 42.3 Å². The van der Waals surface area contributed by atoms with Crippen molar-refractivity contribution in [3.05, 3.63) is 86.6 Å². The monoisotopic (exact) mass is 398 g/mol. The predicted octanol–water partition coefficient (Wildman–Crippen LogP) is 4.55. The lowest BCUT2D eigenvalue weighted by Gasteiger charge is -2.05. The van der Waals surface area contributed by atoms with Crippen LogP contribution in [0.4, 0.5) is 5.69 Å². The Labute approximate surface area is 165 Å². The number of rotatable bonds is 6. The number of aliphatic imine (C=N–C) groups is 1. The maximum atomic E-state index is 12.1. The number of nitrogens with zero attached hydrogens (tertiary/aromatic N) is 2. The number of cyclic esters (lactones) is 1. The van der Waals surface area contributed by atoms with Gasteiger partial charge in [-0.15, -0.1) is 0 Å². The van der Waals surface area contributed by atoms with Crippen LogP contribution < -0.4 is 4.74 Å². The fourth-order valence-electron chi connectivity index (χ4n) is 2.34. The number of nitro benzene ring substituents is 1. The molecule has 0 saturated carbocycles. The lowest BCUT2D eigenvalue weighted by atomic mass is 10.2. The third kappa shape index (κ3) is 4.44. The first kappa shape index (κ1) is 19.3. The van der Waals surface area contributed by atoms with Gasteiger partial charge in [-0.3, -0.25) is 10.1 Å². The van der Waals surface area contributed by atoms with Crippen LogP contribution >= 0.6 is 11.6 Å². The molecule has 7 nitrogen and oxygen atoms in total. The predicted molar refractivity (Wildman–Crippen MR) is 105 cm³/mol. The van der Waals surface area contributed by atoms with Gasteiger partial charge in [-0.1, -0.05) is 30.3 Å². The minimum absolute atomic E-state index is 0.00226. The topological polar surface area (TPSA) is 91.0 Å². The Hall–Kier alpha value is -3.45. The van der Waals surface area contributed by atoms with Gasteiger partial charge >= 0.3 is 5.97 Å². The number of hydrogen-bond acceptors (Lipinski definition) is 6. The Kier molecular flexibility index (Phi) is 5.56. The summed E-state index contributed by atoms with van der Waals surface area (Å²) in [4.78, 5) is 26.5. The standard InChI is InChI=1S/C20H15ClN2O5/c1-12(2)11-27-15-6-3-13(4-7-15)9-18-20(24)28-19(22-18)16-8-5-14(23(25)26)10-17(16)21/h3-10H,1,11H2,2H3/b18-9-. The van der Waals surface area contributed by atoms with Gasteiger partial charge in [0, 0.05) is 12.1 Å². The summed E-state index contributed by atoms with van der Waals surface area (Å²) in [5, 5.41) is 10.9. The van der Waals surface area contributed by atoms with Crippen LogP contribution in [0, 0.1) is 10.1 Å². The Bertz CT molecular complexity index is 1030.